The van der Waals surface area contributed by atoms with Crippen LogP contribution in [0.3, 0.4) is 0 Å². The molecule has 1 amide bonds. The maximum absolute atomic E-state index is 11.6. The van der Waals surface area contributed by atoms with Gasteiger partial charge in [0.15, 0.2) is 0 Å². The lowest BCUT2D eigenvalue weighted by molar-refractivity contribution is -0.149. The first kappa shape index (κ1) is 14.0. The molecule has 98 valence electrons. The topological polar surface area (TPSA) is 78.4 Å². The number of hydrogen-bond acceptors (Lipinski definition) is 3. The van der Waals surface area contributed by atoms with E-state index in [0.717, 1.165) is 19.3 Å². The van der Waals surface area contributed by atoms with Gasteiger partial charge in [0.05, 0.1) is 6.54 Å². The van der Waals surface area contributed by atoms with E-state index in [1.807, 2.05) is 6.92 Å². The van der Waals surface area contributed by atoms with Gasteiger partial charge in [0, 0.05) is 6.04 Å². The van der Waals surface area contributed by atoms with Gasteiger partial charge in [-0.25, -0.2) is 0 Å². The highest BCUT2D eigenvalue weighted by atomic mass is 16.4. The lowest BCUT2D eigenvalue weighted by Crippen LogP contribution is -2.59. The van der Waals surface area contributed by atoms with Gasteiger partial charge in [-0.15, -0.1) is 0 Å². The predicted octanol–water partition coefficient (Wildman–Crippen LogP) is 0.888. The van der Waals surface area contributed by atoms with Gasteiger partial charge >= 0.3 is 5.97 Å². The summed E-state index contributed by atoms with van der Waals surface area (Å²) in [7, 11) is 0. The highest BCUT2D eigenvalue weighted by Crippen LogP contribution is 2.31. The molecule has 0 aliphatic heterocycles. The SMILES string of the molecule is CCCC(C)NC(=O)CNC1(C(=O)O)CCC1. The fraction of sp³-hybridized carbons (Fsp3) is 0.833. The molecule has 1 aliphatic carbocycles. The molecule has 1 fully saturated rings. The number of rotatable bonds is 7. The zero-order valence-electron chi connectivity index (χ0n) is 10.6. The maximum Gasteiger partial charge on any atom is 0.323 e. The summed E-state index contributed by atoms with van der Waals surface area (Å²) in [5, 5.41) is 14.8. The molecule has 1 rings (SSSR count). The molecule has 1 atom stereocenters. The number of aliphatic carboxylic acids is 1. The van der Waals surface area contributed by atoms with Crippen molar-refractivity contribution < 1.29 is 14.7 Å². The van der Waals surface area contributed by atoms with E-state index in [4.69, 9.17) is 5.11 Å². The molecule has 0 aromatic rings. The Bertz CT molecular complexity index is 287. The molecule has 0 aromatic heterocycles. The van der Waals surface area contributed by atoms with Gasteiger partial charge in [0.2, 0.25) is 5.91 Å². The summed E-state index contributed by atoms with van der Waals surface area (Å²) in [5.74, 6) is -0.975. The van der Waals surface area contributed by atoms with Gasteiger partial charge in [-0.3, -0.25) is 14.9 Å². The van der Waals surface area contributed by atoms with Crippen molar-refractivity contribution >= 4 is 11.9 Å². The zero-order chi connectivity index (χ0) is 12.9. The van der Waals surface area contributed by atoms with Crippen LogP contribution in [0.25, 0.3) is 0 Å². The van der Waals surface area contributed by atoms with Crippen LogP contribution in [0.2, 0.25) is 0 Å². The normalized spacial score (nSPS) is 19.2. The fourth-order valence-corrected chi connectivity index (χ4v) is 2.08. The summed E-state index contributed by atoms with van der Waals surface area (Å²) in [4.78, 5) is 22.6. The smallest absolute Gasteiger partial charge is 0.323 e. The largest absolute Gasteiger partial charge is 0.480 e. The van der Waals surface area contributed by atoms with Crippen LogP contribution in [-0.4, -0.2) is 35.1 Å². The van der Waals surface area contributed by atoms with Gasteiger partial charge in [0.1, 0.15) is 5.54 Å². The molecule has 17 heavy (non-hydrogen) atoms. The first-order chi connectivity index (χ1) is 8.00. The molecule has 1 aliphatic rings. The van der Waals surface area contributed by atoms with Gasteiger partial charge in [-0.2, -0.15) is 0 Å². The summed E-state index contributed by atoms with van der Waals surface area (Å²) < 4.78 is 0. The monoisotopic (exact) mass is 242 g/mol. The molecule has 0 bridgehead atoms. The minimum Gasteiger partial charge on any atom is -0.480 e. The standard InChI is InChI=1S/C12H22N2O3/c1-3-5-9(2)14-10(15)8-13-12(11(16)17)6-4-7-12/h9,13H,3-8H2,1-2H3,(H,14,15)(H,16,17). The minimum atomic E-state index is -0.856. The second-order valence-corrected chi connectivity index (χ2v) is 4.85. The Labute approximate surface area is 102 Å². The molecule has 3 N–H and O–H groups in total. The summed E-state index contributed by atoms with van der Waals surface area (Å²) in [6, 6.07) is 0.150. The number of carboxylic acids is 1. The van der Waals surface area contributed by atoms with Crippen LogP contribution in [0.1, 0.15) is 46.0 Å². The second-order valence-electron chi connectivity index (χ2n) is 4.85. The van der Waals surface area contributed by atoms with Crippen LogP contribution in [0.5, 0.6) is 0 Å². The molecule has 5 nitrogen and oxygen atoms in total. The van der Waals surface area contributed by atoms with E-state index in [2.05, 4.69) is 17.6 Å². The molecule has 0 spiro atoms. The summed E-state index contributed by atoms with van der Waals surface area (Å²) >= 11 is 0. The molecule has 0 saturated heterocycles. The van der Waals surface area contributed by atoms with Crippen molar-refractivity contribution in [2.75, 3.05) is 6.54 Å². The summed E-state index contributed by atoms with van der Waals surface area (Å²) in [6.07, 6.45) is 4.09. The summed E-state index contributed by atoms with van der Waals surface area (Å²) in [5.41, 5.74) is -0.856. The molecule has 1 unspecified atom stereocenters. The Morgan fingerprint density at radius 3 is 2.47 bits per heavy atom. The van der Waals surface area contributed by atoms with E-state index in [9.17, 15) is 9.59 Å². The number of nitrogens with one attached hydrogen (secondary N) is 2. The van der Waals surface area contributed by atoms with Gasteiger partial charge < -0.3 is 10.4 Å². The third kappa shape index (κ3) is 3.70. The quantitative estimate of drug-likeness (QED) is 0.619. The van der Waals surface area contributed by atoms with E-state index in [1.165, 1.54) is 0 Å². The second kappa shape index (κ2) is 6.00. The lowest BCUT2D eigenvalue weighted by Gasteiger charge is -2.38. The lowest BCUT2D eigenvalue weighted by atomic mass is 9.77. The van der Waals surface area contributed by atoms with E-state index in [1.54, 1.807) is 0 Å². The van der Waals surface area contributed by atoms with Crippen LogP contribution in [0.4, 0.5) is 0 Å². The zero-order valence-corrected chi connectivity index (χ0v) is 10.6. The van der Waals surface area contributed by atoms with Crippen molar-refractivity contribution in [3.63, 3.8) is 0 Å². The maximum atomic E-state index is 11.6. The Kier molecular flexibility index (Phi) is 4.93. The molecule has 0 radical (unpaired) electrons. The van der Waals surface area contributed by atoms with Crippen LogP contribution in [0.15, 0.2) is 0 Å². The van der Waals surface area contributed by atoms with E-state index in [0.29, 0.717) is 12.8 Å². The van der Waals surface area contributed by atoms with Crippen molar-refractivity contribution in [3.05, 3.63) is 0 Å². The van der Waals surface area contributed by atoms with Crippen molar-refractivity contribution in [1.82, 2.24) is 10.6 Å². The molecule has 0 heterocycles. The highest BCUT2D eigenvalue weighted by Gasteiger charge is 2.44. The number of carbonyl (C=O) groups is 2. The van der Waals surface area contributed by atoms with E-state index < -0.39 is 11.5 Å². The molecular formula is C12H22N2O3. The van der Waals surface area contributed by atoms with Crippen LogP contribution >= 0.6 is 0 Å². The van der Waals surface area contributed by atoms with Gasteiger partial charge in [-0.1, -0.05) is 13.3 Å². The molecule has 1 saturated carbocycles. The first-order valence-corrected chi connectivity index (χ1v) is 6.28. The average molecular weight is 242 g/mol. The van der Waals surface area contributed by atoms with Crippen molar-refractivity contribution in [2.24, 2.45) is 0 Å². The third-order valence-electron chi connectivity index (χ3n) is 3.33. The highest BCUT2D eigenvalue weighted by molar-refractivity contribution is 5.83. The molecule has 0 aromatic carbocycles. The minimum absolute atomic E-state index is 0.0837. The first-order valence-electron chi connectivity index (χ1n) is 6.28. The Morgan fingerprint density at radius 2 is 2.06 bits per heavy atom. The van der Waals surface area contributed by atoms with Crippen molar-refractivity contribution in [2.45, 2.75) is 57.5 Å². The molecular weight excluding hydrogens is 220 g/mol. The van der Waals surface area contributed by atoms with Crippen molar-refractivity contribution in [1.29, 1.82) is 0 Å². The fourth-order valence-electron chi connectivity index (χ4n) is 2.08. The Morgan fingerprint density at radius 1 is 1.41 bits per heavy atom. The van der Waals surface area contributed by atoms with E-state index in [-0.39, 0.29) is 18.5 Å². The Balaban J connectivity index is 2.30. The number of amides is 1. The summed E-state index contributed by atoms with van der Waals surface area (Å²) in [6.45, 7) is 4.10. The van der Waals surface area contributed by atoms with Crippen LogP contribution in [0, 0.1) is 0 Å². The number of hydrogen-bond donors (Lipinski definition) is 3. The Hall–Kier alpha value is -1.10. The van der Waals surface area contributed by atoms with Crippen LogP contribution in [-0.2, 0) is 9.59 Å². The number of carboxylic acid groups (broad SMARTS) is 1. The van der Waals surface area contributed by atoms with Gasteiger partial charge in [0.25, 0.3) is 0 Å². The average Bonchev–Trinajstić information content (AvgIpc) is 2.15. The van der Waals surface area contributed by atoms with Crippen molar-refractivity contribution in [3.8, 4) is 0 Å². The van der Waals surface area contributed by atoms with Crippen LogP contribution < -0.4 is 10.6 Å². The number of carbonyl (C=O) groups excluding carboxylic acids is 1. The van der Waals surface area contributed by atoms with E-state index >= 15 is 0 Å². The third-order valence-corrected chi connectivity index (χ3v) is 3.33. The predicted molar refractivity (Wildman–Crippen MR) is 64.7 cm³/mol. The molecule has 5 heteroatoms. The van der Waals surface area contributed by atoms with Gasteiger partial charge in [-0.05, 0) is 32.6 Å².